The summed E-state index contributed by atoms with van der Waals surface area (Å²) in [6, 6.07) is 7.32. The fourth-order valence-corrected chi connectivity index (χ4v) is 2.83. The minimum atomic E-state index is -0.332. The van der Waals surface area contributed by atoms with E-state index >= 15 is 0 Å². The Morgan fingerprint density at radius 3 is 2.69 bits per heavy atom. The van der Waals surface area contributed by atoms with E-state index in [1.807, 2.05) is 0 Å². The lowest BCUT2D eigenvalue weighted by molar-refractivity contribution is 0.399. The van der Waals surface area contributed by atoms with Crippen LogP contribution < -0.4 is 0 Å². The van der Waals surface area contributed by atoms with Crippen molar-refractivity contribution in [3.8, 4) is 6.07 Å². The Morgan fingerprint density at radius 2 is 2.06 bits per heavy atom. The van der Waals surface area contributed by atoms with Crippen molar-refractivity contribution in [2.75, 3.05) is 0 Å². The molecule has 0 aromatic heterocycles. The fraction of sp³-hybridized carbons (Fsp3) is 0.462. The Labute approximate surface area is 103 Å². The molecule has 0 amide bonds. The summed E-state index contributed by atoms with van der Waals surface area (Å²) in [6.45, 7) is 0. The molecule has 0 aliphatic heterocycles. The van der Waals surface area contributed by atoms with Crippen LogP contribution in [0.25, 0.3) is 0 Å². The zero-order valence-electron chi connectivity index (χ0n) is 8.97. The van der Waals surface area contributed by atoms with Crippen LogP contribution in [0.2, 0.25) is 0 Å². The smallest absolute Gasteiger partial charge is 0.126 e. The Kier molecular flexibility index (Phi) is 3.30. The van der Waals surface area contributed by atoms with Gasteiger partial charge in [0, 0.05) is 4.47 Å². The van der Waals surface area contributed by atoms with Gasteiger partial charge in [-0.15, -0.1) is 0 Å². The highest BCUT2D eigenvalue weighted by Crippen LogP contribution is 2.40. The topological polar surface area (TPSA) is 23.8 Å². The van der Waals surface area contributed by atoms with Crippen LogP contribution in [0.15, 0.2) is 22.7 Å². The predicted molar refractivity (Wildman–Crippen MR) is 64.3 cm³/mol. The zero-order valence-corrected chi connectivity index (χ0v) is 10.6. The number of rotatable bonds is 2. The molecule has 1 aromatic rings. The Bertz CT molecular complexity index is 430. The molecule has 1 aliphatic carbocycles. The maximum absolute atomic E-state index is 13.6. The lowest BCUT2D eigenvalue weighted by Crippen LogP contribution is -2.17. The summed E-state index contributed by atoms with van der Waals surface area (Å²) in [4.78, 5) is 0. The maximum Gasteiger partial charge on any atom is 0.126 e. The highest BCUT2D eigenvalue weighted by molar-refractivity contribution is 9.10. The summed E-state index contributed by atoms with van der Waals surface area (Å²) >= 11 is 3.34. The molecule has 1 aliphatic rings. The molecular weight excluding hydrogens is 269 g/mol. The fourth-order valence-electron chi connectivity index (χ4n) is 2.42. The highest BCUT2D eigenvalue weighted by atomic mass is 79.9. The van der Waals surface area contributed by atoms with Gasteiger partial charge in [0.1, 0.15) is 5.82 Å². The second-order valence-corrected chi connectivity index (χ2v) is 5.43. The second kappa shape index (κ2) is 4.55. The standard InChI is InChI=1S/C13H13BrFN/c14-11-3-4-12(15)10(7-11)8-13(9-16)5-1-2-6-13/h3-4,7H,1-2,5-6,8H2. The van der Waals surface area contributed by atoms with E-state index in [4.69, 9.17) is 0 Å². The van der Waals surface area contributed by atoms with E-state index in [2.05, 4.69) is 22.0 Å². The van der Waals surface area contributed by atoms with E-state index in [1.54, 1.807) is 12.1 Å². The van der Waals surface area contributed by atoms with Gasteiger partial charge in [-0.1, -0.05) is 28.8 Å². The number of nitriles is 1. The number of hydrogen-bond donors (Lipinski definition) is 0. The molecule has 0 N–H and O–H groups in total. The van der Waals surface area contributed by atoms with Gasteiger partial charge in [0.25, 0.3) is 0 Å². The molecule has 0 atom stereocenters. The molecule has 0 heterocycles. The highest BCUT2D eigenvalue weighted by Gasteiger charge is 2.34. The molecule has 16 heavy (non-hydrogen) atoms. The number of hydrogen-bond acceptors (Lipinski definition) is 1. The monoisotopic (exact) mass is 281 g/mol. The average molecular weight is 282 g/mol. The van der Waals surface area contributed by atoms with Crippen molar-refractivity contribution >= 4 is 15.9 Å². The quantitative estimate of drug-likeness (QED) is 0.797. The average Bonchev–Trinajstić information content (AvgIpc) is 2.73. The first-order chi connectivity index (χ1) is 7.65. The van der Waals surface area contributed by atoms with Gasteiger partial charge in [-0.3, -0.25) is 0 Å². The molecule has 0 saturated heterocycles. The van der Waals surface area contributed by atoms with E-state index in [1.165, 1.54) is 6.07 Å². The van der Waals surface area contributed by atoms with Crippen molar-refractivity contribution in [3.63, 3.8) is 0 Å². The third-order valence-corrected chi connectivity index (χ3v) is 3.83. The van der Waals surface area contributed by atoms with Gasteiger partial charge in [0.15, 0.2) is 0 Å². The molecule has 1 saturated carbocycles. The largest absolute Gasteiger partial charge is 0.207 e. The molecule has 0 radical (unpaired) electrons. The van der Waals surface area contributed by atoms with Gasteiger partial charge in [0.2, 0.25) is 0 Å². The van der Waals surface area contributed by atoms with Crippen molar-refractivity contribution in [2.24, 2.45) is 5.41 Å². The van der Waals surface area contributed by atoms with Crippen molar-refractivity contribution in [1.29, 1.82) is 5.26 Å². The van der Waals surface area contributed by atoms with E-state index in [9.17, 15) is 9.65 Å². The Balaban J connectivity index is 2.26. The van der Waals surface area contributed by atoms with Crippen LogP contribution in [0.4, 0.5) is 4.39 Å². The number of nitrogens with zero attached hydrogens (tertiary/aromatic N) is 1. The van der Waals surface area contributed by atoms with Gasteiger partial charge in [-0.2, -0.15) is 5.26 Å². The third kappa shape index (κ3) is 2.27. The second-order valence-electron chi connectivity index (χ2n) is 4.51. The minimum absolute atomic E-state index is 0.204. The van der Waals surface area contributed by atoms with Crippen molar-refractivity contribution in [2.45, 2.75) is 32.1 Å². The Morgan fingerprint density at radius 1 is 1.38 bits per heavy atom. The summed E-state index contributed by atoms with van der Waals surface area (Å²) < 4.78 is 14.5. The van der Waals surface area contributed by atoms with E-state index in [0.717, 1.165) is 30.2 Å². The van der Waals surface area contributed by atoms with Crippen LogP contribution >= 0.6 is 15.9 Å². The van der Waals surface area contributed by atoms with E-state index in [0.29, 0.717) is 12.0 Å². The van der Waals surface area contributed by atoms with E-state index in [-0.39, 0.29) is 11.2 Å². The van der Waals surface area contributed by atoms with Crippen molar-refractivity contribution in [1.82, 2.24) is 0 Å². The van der Waals surface area contributed by atoms with Crippen LogP contribution in [0.1, 0.15) is 31.2 Å². The van der Waals surface area contributed by atoms with Gasteiger partial charge in [0.05, 0.1) is 11.5 Å². The normalized spacial score (nSPS) is 18.3. The molecule has 84 valence electrons. The number of halogens is 2. The lowest BCUT2D eigenvalue weighted by Gasteiger charge is -2.20. The van der Waals surface area contributed by atoms with E-state index < -0.39 is 0 Å². The summed E-state index contributed by atoms with van der Waals surface area (Å²) in [6.07, 6.45) is 4.51. The molecule has 0 unspecified atom stereocenters. The van der Waals surface area contributed by atoms with Gasteiger partial charge in [-0.05, 0) is 43.0 Å². The van der Waals surface area contributed by atoms with Crippen molar-refractivity contribution in [3.05, 3.63) is 34.1 Å². The van der Waals surface area contributed by atoms with Gasteiger partial charge >= 0.3 is 0 Å². The third-order valence-electron chi connectivity index (χ3n) is 3.33. The van der Waals surface area contributed by atoms with Crippen LogP contribution in [-0.4, -0.2) is 0 Å². The molecule has 3 heteroatoms. The predicted octanol–water partition coefficient (Wildman–Crippen LogP) is 4.21. The van der Waals surface area contributed by atoms with Crippen LogP contribution in [0.5, 0.6) is 0 Å². The lowest BCUT2D eigenvalue weighted by atomic mass is 9.81. The maximum atomic E-state index is 13.6. The molecule has 1 nitrogen and oxygen atoms in total. The Hall–Kier alpha value is -0.880. The first kappa shape index (κ1) is 11.6. The summed E-state index contributed by atoms with van der Waals surface area (Å²) in [5.74, 6) is -0.204. The van der Waals surface area contributed by atoms with Crippen LogP contribution in [0.3, 0.4) is 0 Å². The van der Waals surface area contributed by atoms with Crippen LogP contribution in [0, 0.1) is 22.6 Å². The molecule has 1 fully saturated rings. The first-order valence-electron chi connectivity index (χ1n) is 5.50. The van der Waals surface area contributed by atoms with Crippen LogP contribution in [-0.2, 0) is 6.42 Å². The minimum Gasteiger partial charge on any atom is -0.207 e. The zero-order chi connectivity index (χ0) is 11.6. The molecule has 0 bridgehead atoms. The SMILES string of the molecule is N#CC1(Cc2cc(Br)ccc2F)CCCC1. The number of benzene rings is 1. The first-order valence-corrected chi connectivity index (χ1v) is 6.30. The van der Waals surface area contributed by atoms with Gasteiger partial charge in [-0.25, -0.2) is 4.39 Å². The molecular formula is C13H13BrFN. The molecule has 0 spiro atoms. The summed E-state index contributed by atoms with van der Waals surface area (Å²) in [5, 5.41) is 9.25. The summed E-state index contributed by atoms with van der Waals surface area (Å²) in [7, 11) is 0. The molecule has 2 rings (SSSR count). The van der Waals surface area contributed by atoms with Crippen molar-refractivity contribution < 1.29 is 4.39 Å². The molecule has 1 aromatic carbocycles. The summed E-state index contributed by atoms with van der Waals surface area (Å²) in [5.41, 5.74) is 0.319. The van der Waals surface area contributed by atoms with Gasteiger partial charge < -0.3 is 0 Å².